The Balaban J connectivity index is 0.756. The van der Waals surface area contributed by atoms with Crippen LogP contribution in [0.5, 0.6) is 11.5 Å². The molecule has 4 aliphatic heterocycles. The summed E-state index contributed by atoms with van der Waals surface area (Å²) in [5.41, 5.74) is -0.570. The molecular formula is C46H58N6O22P2. The Hall–Kier alpha value is -5.36. The highest BCUT2D eigenvalue weighted by molar-refractivity contribution is 7.47. The lowest BCUT2D eigenvalue weighted by Crippen LogP contribution is -2.33. The first-order valence-electron chi connectivity index (χ1n) is 23.9. The second-order valence-corrected chi connectivity index (χ2v) is 21.3. The highest BCUT2D eigenvalue weighted by Crippen LogP contribution is 2.51. The van der Waals surface area contributed by atoms with Crippen LogP contribution >= 0.6 is 15.6 Å². The zero-order chi connectivity index (χ0) is 54.6. The number of aliphatic imine (C=N–C) groups is 2. The number of phosphoric acid groups is 2. The van der Waals surface area contributed by atoms with Gasteiger partial charge in [0.15, 0.2) is 0 Å². The van der Waals surface area contributed by atoms with Gasteiger partial charge in [0, 0.05) is 72.8 Å². The van der Waals surface area contributed by atoms with Crippen LogP contribution < -0.4 is 22.5 Å². The first-order chi connectivity index (χ1) is 36.1. The number of nitrogens with zero attached hydrogens (tertiary/aromatic N) is 4. The van der Waals surface area contributed by atoms with E-state index in [1.165, 1.54) is 50.8 Å². The first-order valence-corrected chi connectivity index (χ1v) is 26.9. The number of rotatable bonds is 21. The Morgan fingerprint density at radius 1 is 0.632 bits per heavy atom. The second-order valence-electron chi connectivity index (χ2n) is 18.5. The van der Waals surface area contributed by atoms with Crippen LogP contribution in [0.2, 0.25) is 0 Å². The lowest BCUT2D eigenvalue weighted by Gasteiger charge is -2.21. The molecule has 4 aromatic rings. The number of phosphoric ester groups is 2. The van der Waals surface area contributed by atoms with Crippen LogP contribution in [0.3, 0.4) is 0 Å². The third kappa shape index (κ3) is 13.7. The van der Waals surface area contributed by atoms with Gasteiger partial charge in [0.05, 0.1) is 63.9 Å². The van der Waals surface area contributed by atoms with Crippen molar-refractivity contribution in [2.45, 2.75) is 113 Å². The molecule has 2 aromatic heterocycles. The predicted octanol–water partition coefficient (Wildman–Crippen LogP) is 0.299. The number of aromatic amines is 2. The third-order valence-corrected chi connectivity index (χ3v) is 15.1. The minimum Gasteiger partial charge on any atom is -0.507 e. The molecule has 0 amide bonds. The number of H-pyrrole nitrogens is 2. The largest absolute Gasteiger partial charge is 0.507 e. The first kappa shape index (κ1) is 56.8. The SMILES string of the molecule is Cc1cn([C@H]2C[C@H](OP(=O)(O)OC[C@H]3O[C@@H](c4ccc(C=NCCN=Cc5ccc([C@H]6C[C@H](O)[C@@H](COP(=O)(O)O[C@H]7C[C@H](n8cc(C)c(=O)[nH]c8=O)O[C@@H]7CO)O6)cc5O)c(O)c4)C[C@@H]3O)[C@@H](CO)O2)c(=O)[nH]c1=O. The van der Waals surface area contributed by atoms with E-state index in [9.17, 15) is 68.7 Å². The lowest BCUT2D eigenvalue weighted by atomic mass is 10.0. The summed E-state index contributed by atoms with van der Waals surface area (Å²) in [4.78, 5) is 82.2. The molecular weight excluding hydrogens is 1050 g/mol. The van der Waals surface area contributed by atoms with Crippen molar-refractivity contribution in [1.82, 2.24) is 19.1 Å². The van der Waals surface area contributed by atoms with Crippen molar-refractivity contribution in [2.75, 3.05) is 39.5 Å². The molecule has 30 heteroatoms. The molecule has 76 heavy (non-hydrogen) atoms. The van der Waals surface area contributed by atoms with E-state index in [1.807, 2.05) is 0 Å². The number of aryl methyl sites for hydroxylation is 2. The summed E-state index contributed by atoms with van der Waals surface area (Å²) in [5.74, 6) is -0.283. The number of hydrogen-bond donors (Lipinski definition) is 10. The number of aromatic nitrogens is 4. The molecule has 0 bridgehead atoms. The Morgan fingerprint density at radius 2 is 1.03 bits per heavy atom. The number of phenols is 2. The maximum absolute atomic E-state index is 13.0. The molecule has 10 N–H and O–H groups in total. The van der Waals surface area contributed by atoms with E-state index in [4.69, 9.17) is 37.0 Å². The average molecular weight is 1110 g/mol. The van der Waals surface area contributed by atoms with Crippen LogP contribution in [-0.2, 0) is 46.2 Å². The van der Waals surface area contributed by atoms with E-state index in [1.54, 1.807) is 24.3 Å². The summed E-state index contributed by atoms with van der Waals surface area (Å²) in [5, 5.41) is 62.6. The molecule has 414 valence electrons. The van der Waals surface area contributed by atoms with Crippen LogP contribution in [-0.4, -0.2) is 160 Å². The minimum absolute atomic E-state index is 0.0648. The fraction of sp³-hybridized carbons (Fsp3) is 0.522. The van der Waals surface area contributed by atoms with Crippen molar-refractivity contribution in [3.63, 3.8) is 0 Å². The van der Waals surface area contributed by atoms with Gasteiger partial charge in [0.1, 0.15) is 60.6 Å². The highest BCUT2D eigenvalue weighted by atomic mass is 31.2. The quantitative estimate of drug-likeness (QED) is 0.0305. The summed E-state index contributed by atoms with van der Waals surface area (Å²) in [7, 11) is -9.67. The van der Waals surface area contributed by atoms with Crippen LogP contribution in [0.25, 0.3) is 0 Å². The summed E-state index contributed by atoms with van der Waals surface area (Å²) < 4.78 is 72.1. The van der Waals surface area contributed by atoms with E-state index in [-0.39, 0.29) is 61.4 Å². The van der Waals surface area contributed by atoms with Crippen molar-refractivity contribution < 1.29 is 86.6 Å². The number of phenolic OH excluding ortho intramolecular Hbond substituents is 2. The van der Waals surface area contributed by atoms with E-state index in [0.29, 0.717) is 22.3 Å². The molecule has 2 unspecified atom stereocenters. The molecule has 4 aliphatic rings. The average Bonchev–Trinajstić information content (AvgIpc) is 4.17. The summed E-state index contributed by atoms with van der Waals surface area (Å²) in [6, 6.07) is 9.36. The van der Waals surface area contributed by atoms with Gasteiger partial charge in [-0.15, -0.1) is 0 Å². The number of aliphatic hydroxyl groups excluding tert-OH is 4. The summed E-state index contributed by atoms with van der Waals surface area (Å²) >= 11 is 0. The number of aliphatic hydroxyl groups is 4. The number of hydrogen-bond acceptors (Lipinski definition) is 22. The van der Waals surface area contributed by atoms with E-state index in [0.717, 1.165) is 9.13 Å². The smallest absolute Gasteiger partial charge is 0.472 e. The van der Waals surface area contributed by atoms with Crippen LogP contribution in [0, 0.1) is 13.8 Å². The van der Waals surface area contributed by atoms with Crippen molar-refractivity contribution in [2.24, 2.45) is 9.98 Å². The van der Waals surface area contributed by atoms with Gasteiger partial charge >= 0.3 is 27.0 Å². The van der Waals surface area contributed by atoms with Gasteiger partial charge in [-0.1, -0.05) is 12.1 Å². The number of nitrogens with one attached hydrogen (secondary N) is 2. The van der Waals surface area contributed by atoms with Crippen LogP contribution in [0.15, 0.2) is 78.0 Å². The third-order valence-electron chi connectivity index (χ3n) is 13.1. The van der Waals surface area contributed by atoms with Crippen molar-refractivity contribution in [3.8, 4) is 11.5 Å². The van der Waals surface area contributed by atoms with E-state index >= 15 is 0 Å². The molecule has 4 fully saturated rings. The highest BCUT2D eigenvalue weighted by Gasteiger charge is 2.45. The van der Waals surface area contributed by atoms with Gasteiger partial charge in [-0.25, -0.2) is 18.7 Å². The van der Waals surface area contributed by atoms with Crippen LogP contribution in [0.4, 0.5) is 0 Å². The normalized spacial score (nSPS) is 29.4. The molecule has 14 atom stereocenters. The minimum atomic E-state index is -4.84. The fourth-order valence-electron chi connectivity index (χ4n) is 9.00. The van der Waals surface area contributed by atoms with Gasteiger partial charge in [0.2, 0.25) is 0 Å². The molecule has 4 saturated heterocycles. The summed E-state index contributed by atoms with van der Waals surface area (Å²) in [6.07, 6.45) is -7.23. The van der Waals surface area contributed by atoms with Gasteiger partial charge in [-0.2, -0.15) is 0 Å². The van der Waals surface area contributed by atoms with Crippen LogP contribution in [0.1, 0.15) is 83.7 Å². The maximum atomic E-state index is 13.0. The van der Waals surface area contributed by atoms with Gasteiger partial charge in [-0.05, 0) is 49.2 Å². The number of aromatic hydroxyl groups is 2. The standard InChI is InChI=1S/C46H58N6O22P2/c1-23-17-51(45(61)49-43(23)59)41-13-35(37(19-53)71-41)73-75(63,64)67-21-39-31(57)11-33(69-39)25-3-5-27(29(55)9-25)15-47-7-8-48-16-28-6-4-26(10-30(28)56)34-12-32(58)40(70-34)22-68-76(65,66)74-36-14-42(72-38(36)20-54)52-18-24(2)44(60)50-46(52)62/h3-6,9-10,15-18,31-42,53-58H,7-8,11-14,19-22H2,1-2H3,(H,63,64)(H,65,66)(H,49,59,61)(H,50,60,62)/t31-,32-,33+,34+,35-,36-,37+,38+,39+,40+,41+,42+/m0/s1. The maximum Gasteiger partial charge on any atom is 0.472 e. The molecule has 28 nitrogen and oxygen atoms in total. The Morgan fingerprint density at radius 3 is 1.39 bits per heavy atom. The number of benzene rings is 2. The molecule has 6 heterocycles. The zero-order valence-corrected chi connectivity index (χ0v) is 42.5. The molecule has 0 spiro atoms. The van der Waals surface area contributed by atoms with Crippen molar-refractivity contribution in [3.05, 3.63) is 124 Å². The second kappa shape index (κ2) is 24.1. The van der Waals surface area contributed by atoms with E-state index in [2.05, 4.69) is 20.0 Å². The zero-order valence-electron chi connectivity index (χ0n) is 40.7. The predicted molar refractivity (Wildman–Crippen MR) is 262 cm³/mol. The topological polar surface area (TPSA) is 404 Å². The lowest BCUT2D eigenvalue weighted by molar-refractivity contribution is -0.0514. The van der Waals surface area contributed by atoms with Crippen molar-refractivity contribution >= 4 is 28.1 Å². The Bertz CT molecular complexity index is 2920. The molecule has 8 rings (SSSR count). The van der Waals surface area contributed by atoms with Gasteiger partial charge in [-0.3, -0.25) is 56.8 Å². The molecule has 2 aromatic carbocycles. The van der Waals surface area contributed by atoms with Crippen molar-refractivity contribution in [1.29, 1.82) is 0 Å². The monoisotopic (exact) mass is 1110 g/mol. The Labute approximate surface area is 430 Å². The molecule has 0 aliphatic carbocycles. The van der Waals surface area contributed by atoms with E-state index < -0.39 is 138 Å². The number of ether oxygens (including phenoxy) is 4. The fourth-order valence-corrected chi connectivity index (χ4v) is 10.9. The molecule has 0 saturated carbocycles. The van der Waals surface area contributed by atoms with Gasteiger partial charge in [0.25, 0.3) is 11.1 Å². The summed E-state index contributed by atoms with van der Waals surface area (Å²) in [6.45, 7) is 0.999. The Kier molecular flexibility index (Phi) is 18.0. The molecule has 0 radical (unpaired) electrons. The van der Waals surface area contributed by atoms with Gasteiger partial charge < -0.3 is 59.4 Å².